The predicted molar refractivity (Wildman–Crippen MR) is 74.2 cm³/mol. The van der Waals surface area contributed by atoms with Crippen LogP contribution in [0, 0.1) is 0 Å². The molecular weight excluding hydrogens is 224 g/mol. The van der Waals surface area contributed by atoms with Gasteiger partial charge in [0, 0.05) is 11.1 Å². The Kier molecular flexibility index (Phi) is 2.34. The number of nitrogens with two attached hydrogens (primary N) is 2. The van der Waals surface area contributed by atoms with Crippen LogP contribution in [0.1, 0.15) is 11.1 Å². The zero-order valence-electron chi connectivity index (χ0n) is 9.67. The molecule has 18 heavy (non-hydrogen) atoms. The Morgan fingerprint density at radius 1 is 0.833 bits per heavy atom. The molecule has 0 aromatic heterocycles. The molecule has 1 aliphatic heterocycles. The summed E-state index contributed by atoms with van der Waals surface area (Å²) in [5.41, 5.74) is 14.9. The van der Waals surface area contributed by atoms with Crippen LogP contribution in [0.2, 0.25) is 0 Å². The average molecular weight is 236 g/mol. The maximum Gasteiger partial charge on any atom is 0.162 e. The molecule has 4 nitrogen and oxygen atoms in total. The van der Waals surface area contributed by atoms with Crippen molar-refractivity contribution in [3.05, 3.63) is 59.7 Å². The molecule has 0 unspecified atom stereocenters. The van der Waals surface area contributed by atoms with E-state index in [1.807, 2.05) is 48.5 Å². The zero-order valence-corrected chi connectivity index (χ0v) is 9.67. The Labute approximate surface area is 105 Å². The molecule has 1 heterocycles. The fourth-order valence-corrected chi connectivity index (χ4v) is 1.92. The topological polar surface area (TPSA) is 76.8 Å². The zero-order chi connectivity index (χ0) is 12.5. The van der Waals surface area contributed by atoms with E-state index in [0.717, 1.165) is 11.1 Å². The molecule has 2 aromatic rings. The first kappa shape index (κ1) is 10.5. The van der Waals surface area contributed by atoms with Crippen LogP contribution in [0.25, 0.3) is 0 Å². The Balaban J connectivity index is 2.13. The summed E-state index contributed by atoms with van der Waals surface area (Å²) in [7, 11) is 0. The number of benzene rings is 2. The van der Waals surface area contributed by atoms with Crippen molar-refractivity contribution < 1.29 is 0 Å². The number of anilines is 1. The molecule has 0 saturated heterocycles. The Morgan fingerprint density at radius 3 is 2.28 bits per heavy atom. The van der Waals surface area contributed by atoms with E-state index in [2.05, 4.69) is 9.98 Å². The number of nitrogens with zero attached hydrogens (tertiary/aromatic N) is 2. The van der Waals surface area contributed by atoms with Crippen LogP contribution in [0.3, 0.4) is 0 Å². The summed E-state index contributed by atoms with van der Waals surface area (Å²) in [6.45, 7) is 0. The van der Waals surface area contributed by atoms with E-state index in [1.54, 1.807) is 0 Å². The van der Waals surface area contributed by atoms with Gasteiger partial charge in [-0.3, -0.25) is 0 Å². The second kappa shape index (κ2) is 4.00. The van der Waals surface area contributed by atoms with E-state index in [4.69, 9.17) is 11.5 Å². The molecule has 3 rings (SSSR count). The van der Waals surface area contributed by atoms with Gasteiger partial charge in [0.1, 0.15) is 5.84 Å². The van der Waals surface area contributed by atoms with Crippen LogP contribution in [0.15, 0.2) is 58.5 Å². The summed E-state index contributed by atoms with van der Waals surface area (Å²) in [6, 6.07) is 15.2. The molecule has 2 aromatic carbocycles. The number of para-hydroxylation sites is 2. The lowest BCUT2D eigenvalue weighted by Gasteiger charge is -2.01. The van der Waals surface area contributed by atoms with Crippen molar-refractivity contribution in [2.45, 2.75) is 0 Å². The molecule has 4 N–H and O–H groups in total. The van der Waals surface area contributed by atoms with E-state index in [-0.39, 0.29) is 0 Å². The molecule has 1 aliphatic rings. The van der Waals surface area contributed by atoms with Gasteiger partial charge in [-0.2, -0.15) is 0 Å². The summed E-state index contributed by atoms with van der Waals surface area (Å²) >= 11 is 0. The van der Waals surface area contributed by atoms with Gasteiger partial charge in [-0.05, 0) is 12.1 Å². The number of amidine groups is 2. The standard InChI is InChI=1S/C14H12N4/c15-11-7-3-4-8-12(11)17-14-10-6-2-1-5-9(10)13(16)18-14/h1-8H,15H2,(H2,16,17,18). The molecule has 0 fully saturated rings. The lowest BCUT2D eigenvalue weighted by atomic mass is 10.1. The second-order valence-corrected chi connectivity index (χ2v) is 4.04. The molecule has 4 heteroatoms. The van der Waals surface area contributed by atoms with Gasteiger partial charge in [0.25, 0.3) is 0 Å². The van der Waals surface area contributed by atoms with Crippen LogP contribution in [0.4, 0.5) is 11.4 Å². The van der Waals surface area contributed by atoms with Gasteiger partial charge in [-0.1, -0.05) is 36.4 Å². The maximum absolute atomic E-state index is 5.87. The smallest absolute Gasteiger partial charge is 0.162 e. The third-order valence-electron chi connectivity index (χ3n) is 2.83. The summed E-state index contributed by atoms with van der Waals surface area (Å²) in [5.74, 6) is 1.11. The maximum atomic E-state index is 5.87. The lowest BCUT2D eigenvalue weighted by Crippen LogP contribution is -2.09. The number of nitrogen functional groups attached to an aromatic ring is 1. The number of fused-ring (bicyclic) bond motifs is 1. The molecule has 88 valence electrons. The summed E-state index contributed by atoms with van der Waals surface area (Å²) in [4.78, 5) is 8.76. The molecule has 0 aliphatic carbocycles. The Morgan fingerprint density at radius 2 is 1.50 bits per heavy atom. The third-order valence-corrected chi connectivity index (χ3v) is 2.83. The number of aliphatic imine (C=N–C) groups is 2. The molecule has 0 spiro atoms. The highest BCUT2D eigenvalue weighted by Gasteiger charge is 2.18. The Bertz CT molecular complexity index is 671. The highest BCUT2D eigenvalue weighted by atomic mass is 15.0. The summed E-state index contributed by atoms with van der Waals surface area (Å²) in [5, 5.41) is 0. The molecule has 0 saturated carbocycles. The molecular formula is C14H12N4. The van der Waals surface area contributed by atoms with Crippen LogP contribution >= 0.6 is 0 Å². The highest BCUT2D eigenvalue weighted by molar-refractivity contribution is 6.22. The first-order valence-corrected chi connectivity index (χ1v) is 5.63. The van der Waals surface area contributed by atoms with Gasteiger partial charge >= 0.3 is 0 Å². The number of hydrogen-bond acceptors (Lipinski definition) is 3. The predicted octanol–water partition coefficient (Wildman–Crippen LogP) is 2.07. The van der Waals surface area contributed by atoms with E-state index in [9.17, 15) is 0 Å². The van der Waals surface area contributed by atoms with Crippen molar-refractivity contribution in [1.82, 2.24) is 0 Å². The quantitative estimate of drug-likeness (QED) is 0.743. The SMILES string of the molecule is NC1=NC(=Nc2ccccc2N)c2ccccc21. The van der Waals surface area contributed by atoms with E-state index < -0.39 is 0 Å². The van der Waals surface area contributed by atoms with Crippen LogP contribution in [0.5, 0.6) is 0 Å². The minimum Gasteiger partial charge on any atom is -0.397 e. The summed E-state index contributed by atoms with van der Waals surface area (Å²) in [6.07, 6.45) is 0. The summed E-state index contributed by atoms with van der Waals surface area (Å²) < 4.78 is 0. The van der Waals surface area contributed by atoms with E-state index >= 15 is 0 Å². The van der Waals surface area contributed by atoms with Crippen molar-refractivity contribution in [2.24, 2.45) is 15.7 Å². The number of rotatable bonds is 1. The Hall–Kier alpha value is -2.62. The van der Waals surface area contributed by atoms with Crippen molar-refractivity contribution in [1.29, 1.82) is 0 Å². The monoisotopic (exact) mass is 236 g/mol. The highest BCUT2D eigenvalue weighted by Crippen LogP contribution is 2.25. The normalized spacial score (nSPS) is 15.6. The molecule has 0 amide bonds. The number of hydrogen-bond donors (Lipinski definition) is 2. The van der Waals surface area contributed by atoms with E-state index in [1.165, 1.54) is 0 Å². The first-order valence-electron chi connectivity index (χ1n) is 5.63. The first-order chi connectivity index (χ1) is 8.75. The van der Waals surface area contributed by atoms with Crippen molar-refractivity contribution in [2.75, 3.05) is 5.73 Å². The van der Waals surface area contributed by atoms with Gasteiger partial charge in [-0.25, -0.2) is 9.98 Å². The fraction of sp³-hybridized carbons (Fsp3) is 0. The average Bonchev–Trinajstić information content (AvgIpc) is 2.70. The van der Waals surface area contributed by atoms with Gasteiger partial charge in [-0.15, -0.1) is 0 Å². The van der Waals surface area contributed by atoms with Crippen molar-refractivity contribution in [3.8, 4) is 0 Å². The van der Waals surface area contributed by atoms with Gasteiger partial charge in [0.2, 0.25) is 0 Å². The van der Waals surface area contributed by atoms with E-state index in [0.29, 0.717) is 23.0 Å². The van der Waals surface area contributed by atoms with Gasteiger partial charge < -0.3 is 11.5 Å². The molecule has 0 atom stereocenters. The lowest BCUT2D eigenvalue weighted by molar-refractivity contribution is 1.47. The molecule has 0 bridgehead atoms. The van der Waals surface area contributed by atoms with Gasteiger partial charge in [0.15, 0.2) is 5.84 Å². The largest absolute Gasteiger partial charge is 0.397 e. The minimum atomic E-state index is 0.499. The van der Waals surface area contributed by atoms with Crippen molar-refractivity contribution >= 4 is 23.0 Å². The van der Waals surface area contributed by atoms with Crippen molar-refractivity contribution in [3.63, 3.8) is 0 Å². The minimum absolute atomic E-state index is 0.499. The van der Waals surface area contributed by atoms with Gasteiger partial charge in [0.05, 0.1) is 11.4 Å². The molecule has 0 radical (unpaired) electrons. The van der Waals surface area contributed by atoms with Crippen LogP contribution < -0.4 is 11.5 Å². The second-order valence-electron chi connectivity index (χ2n) is 4.04. The fourth-order valence-electron chi connectivity index (χ4n) is 1.92. The van der Waals surface area contributed by atoms with Crippen LogP contribution in [-0.4, -0.2) is 11.7 Å². The van der Waals surface area contributed by atoms with Crippen LogP contribution in [-0.2, 0) is 0 Å². The third kappa shape index (κ3) is 1.64.